The number of benzene rings is 1. The summed E-state index contributed by atoms with van der Waals surface area (Å²) in [6, 6.07) is 8.17. The second-order valence-corrected chi connectivity index (χ2v) is 8.23. The van der Waals surface area contributed by atoms with Crippen molar-refractivity contribution in [1.29, 1.82) is 0 Å². The molecule has 0 saturated heterocycles. The molecule has 2 N–H and O–H groups in total. The first-order chi connectivity index (χ1) is 9.07. The van der Waals surface area contributed by atoms with Crippen molar-refractivity contribution in [2.24, 2.45) is 5.14 Å². The molecule has 1 aliphatic heterocycles. The van der Waals surface area contributed by atoms with Crippen LogP contribution < -0.4 is 10.0 Å². The van der Waals surface area contributed by atoms with Gasteiger partial charge in [0.25, 0.3) is 0 Å². The first-order valence-corrected chi connectivity index (χ1v) is 9.12. The molecule has 1 saturated carbocycles. The molecule has 1 aromatic carbocycles. The number of hydrogen-bond acceptors (Lipinski definition) is 4. The highest BCUT2D eigenvalue weighted by molar-refractivity contribution is 8.13. The number of primary sulfonamides is 1. The summed E-state index contributed by atoms with van der Waals surface area (Å²) in [4.78, 5) is 3.06. The topological polar surface area (TPSA) is 63.4 Å². The Morgan fingerprint density at radius 1 is 1.16 bits per heavy atom. The highest BCUT2D eigenvalue weighted by Gasteiger charge is 2.41. The molecule has 1 aliphatic carbocycles. The van der Waals surface area contributed by atoms with E-state index in [9.17, 15) is 8.42 Å². The maximum absolute atomic E-state index is 11.9. The van der Waals surface area contributed by atoms with E-state index in [1.807, 2.05) is 29.2 Å². The van der Waals surface area contributed by atoms with Crippen molar-refractivity contribution in [3.63, 3.8) is 0 Å². The number of nitrogens with two attached hydrogens (primary N) is 1. The molecule has 0 aromatic heterocycles. The molecule has 4 nitrogen and oxygen atoms in total. The van der Waals surface area contributed by atoms with Crippen LogP contribution in [0.3, 0.4) is 0 Å². The van der Waals surface area contributed by atoms with Crippen molar-refractivity contribution in [3.8, 4) is 0 Å². The number of sulfonamides is 1. The number of para-hydroxylation sites is 1. The predicted molar refractivity (Wildman–Crippen MR) is 78.5 cm³/mol. The largest absolute Gasteiger partial charge is 0.341 e. The van der Waals surface area contributed by atoms with Crippen molar-refractivity contribution in [3.05, 3.63) is 24.3 Å². The van der Waals surface area contributed by atoms with Crippen molar-refractivity contribution in [1.82, 2.24) is 0 Å². The summed E-state index contributed by atoms with van der Waals surface area (Å²) < 4.78 is 23.1. The molecule has 0 amide bonds. The van der Waals surface area contributed by atoms with Crippen LogP contribution in [0.25, 0.3) is 0 Å². The Morgan fingerprint density at radius 3 is 2.53 bits per heavy atom. The molecule has 1 fully saturated rings. The first-order valence-electron chi connectivity index (χ1n) is 6.63. The van der Waals surface area contributed by atoms with Gasteiger partial charge in [-0.15, -0.1) is 0 Å². The van der Waals surface area contributed by atoms with Gasteiger partial charge in [-0.05, 0) is 25.0 Å². The van der Waals surface area contributed by atoms with Gasteiger partial charge in [-0.1, -0.05) is 43.2 Å². The second kappa shape index (κ2) is 5.00. The van der Waals surface area contributed by atoms with Crippen LogP contribution in [0.5, 0.6) is 0 Å². The molecule has 6 heteroatoms. The van der Waals surface area contributed by atoms with Gasteiger partial charge < -0.3 is 4.90 Å². The van der Waals surface area contributed by atoms with Crippen molar-refractivity contribution in [2.45, 2.75) is 47.7 Å². The molecule has 1 heterocycles. The Labute approximate surface area is 118 Å². The van der Waals surface area contributed by atoms with Gasteiger partial charge in [-0.2, -0.15) is 0 Å². The van der Waals surface area contributed by atoms with Crippen LogP contribution in [0.4, 0.5) is 5.69 Å². The molecular formula is C13H18N2O2S2. The third-order valence-electron chi connectivity index (χ3n) is 3.85. The smallest absolute Gasteiger partial charge is 0.240 e. The summed E-state index contributed by atoms with van der Waals surface area (Å²) >= 11 is 1.36. The van der Waals surface area contributed by atoms with Crippen LogP contribution in [-0.4, -0.2) is 19.2 Å². The Kier molecular flexibility index (Phi) is 3.49. The van der Waals surface area contributed by atoms with Gasteiger partial charge >= 0.3 is 0 Å². The summed E-state index contributed by atoms with van der Waals surface area (Å²) in [5.41, 5.74) is 1.03. The molecule has 0 spiro atoms. The lowest BCUT2D eigenvalue weighted by Gasteiger charge is -2.36. The van der Waals surface area contributed by atoms with Gasteiger partial charge in [-0.3, -0.25) is 0 Å². The zero-order chi connectivity index (χ0) is 13.5. The summed E-state index contributed by atoms with van der Waals surface area (Å²) in [5, 5.41) is 5.43. The fraction of sp³-hybridized carbons (Fsp3) is 0.538. The minimum Gasteiger partial charge on any atom is -0.341 e. The van der Waals surface area contributed by atoms with Crippen LogP contribution in [0.15, 0.2) is 29.2 Å². The quantitative estimate of drug-likeness (QED) is 0.911. The molecule has 0 bridgehead atoms. The van der Waals surface area contributed by atoms with E-state index in [0.29, 0.717) is 6.04 Å². The third-order valence-corrected chi connectivity index (χ3v) is 6.76. The van der Waals surface area contributed by atoms with E-state index in [1.165, 1.54) is 31.0 Å². The Bertz CT molecular complexity index is 568. The minimum atomic E-state index is -3.58. The van der Waals surface area contributed by atoms with Crippen molar-refractivity contribution in [2.75, 3.05) is 4.90 Å². The van der Waals surface area contributed by atoms with E-state index in [2.05, 4.69) is 0 Å². The van der Waals surface area contributed by atoms with E-state index in [0.717, 1.165) is 23.4 Å². The van der Waals surface area contributed by atoms with Crippen molar-refractivity contribution >= 4 is 27.5 Å². The molecular weight excluding hydrogens is 280 g/mol. The standard InChI is InChI=1S/C13H18N2O2S2/c14-19(16,17)13-15(10-6-2-1-3-7-10)11-8-4-5-9-12(11)18-13/h4-5,8-10,13H,1-3,6-7H2,(H2,14,16,17). The van der Waals surface area contributed by atoms with E-state index < -0.39 is 14.7 Å². The molecule has 104 valence electrons. The van der Waals surface area contributed by atoms with Crippen LogP contribution in [0.1, 0.15) is 32.1 Å². The number of rotatable bonds is 2. The van der Waals surface area contributed by atoms with Gasteiger partial charge in [0.2, 0.25) is 10.0 Å². The Morgan fingerprint density at radius 2 is 1.84 bits per heavy atom. The van der Waals surface area contributed by atoms with Crippen LogP contribution in [0, 0.1) is 0 Å². The summed E-state index contributed by atoms with van der Waals surface area (Å²) in [5.74, 6) is 0. The lowest BCUT2D eigenvalue weighted by molar-refractivity contribution is 0.420. The fourth-order valence-electron chi connectivity index (χ4n) is 3.00. The number of nitrogens with zero attached hydrogens (tertiary/aromatic N) is 1. The van der Waals surface area contributed by atoms with Gasteiger partial charge in [0.1, 0.15) is 0 Å². The Balaban J connectivity index is 2.00. The number of thioether (sulfide) groups is 1. The third kappa shape index (κ3) is 2.49. The molecule has 1 atom stereocenters. The van der Waals surface area contributed by atoms with Crippen LogP contribution >= 0.6 is 11.8 Å². The SMILES string of the molecule is NS(=O)(=O)C1Sc2ccccc2N1C1CCCCC1. The molecule has 1 aromatic rings. The summed E-state index contributed by atoms with van der Waals surface area (Å²) in [7, 11) is -3.58. The number of anilines is 1. The predicted octanol–water partition coefficient (Wildman–Crippen LogP) is 2.50. The molecule has 2 aliphatic rings. The van der Waals surface area contributed by atoms with Crippen LogP contribution in [0.2, 0.25) is 0 Å². The normalized spacial score (nSPS) is 24.5. The lowest BCUT2D eigenvalue weighted by Crippen LogP contribution is -2.46. The molecule has 0 radical (unpaired) electrons. The average molecular weight is 298 g/mol. The number of fused-ring (bicyclic) bond motifs is 1. The molecule has 1 unspecified atom stereocenters. The van der Waals surface area contributed by atoms with Gasteiger partial charge in [-0.25, -0.2) is 13.6 Å². The van der Waals surface area contributed by atoms with E-state index in [4.69, 9.17) is 5.14 Å². The lowest BCUT2D eigenvalue weighted by atomic mass is 9.94. The second-order valence-electron chi connectivity index (χ2n) is 5.18. The summed E-state index contributed by atoms with van der Waals surface area (Å²) in [6.45, 7) is 0. The zero-order valence-electron chi connectivity index (χ0n) is 10.7. The minimum absolute atomic E-state index is 0.299. The highest BCUT2D eigenvalue weighted by Crippen LogP contribution is 2.47. The van der Waals surface area contributed by atoms with E-state index >= 15 is 0 Å². The van der Waals surface area contributed by atoms with Gasteiger partial charge in [0, 0.05) is 10.9 Å². The zero-order valence-corrected chi connectivity index (χ0v) is 12.3. The maximum Gasteiger partial charge on any atom is 0.240 e. The molecule has 19 heavy (non-hydrogen) atoms. The van der Waals surface area contributed by atoms with E-state index in [-0.39, 0.29) is 0 Å². The number of hydrogen-bond donors (Lipinski definition) is 1. The first kappa shape index (κ1) is 13.3. The molecule has 3 rings (SSSR count). The monoisotopic (exact) mass is 298 g/mol. The van der Waals surface area contributed by atoms with E-state index in [1.54, 1.807) is 0 Å². The summed E-state index contributed by atoms with van der Waals surface area (Å²) in [6.07, 6.45) is 5.71. The Hall–Kier alpha value is -0.720. The van der Waals surface area contributed by atoms with Gasteiger partial charge in [0.15, 0.2) is 4.71 Å². The average Bonchev–Trinajstić information content (AvgIpc) is 2.79. The fourth-order valence-corrected chi connectivity index (χ4v) is 5.52. The van der Waals surface area contributed by atoms with Crippen LogP contribution in [-0.2, 0) is 10.0 Å². The van der Waals surface area contributed by atoms with Crippen molar-refractivity contribution < 1.29 is 8.42 Å². The van der Waals surface area contributed by atoms with Gasteiger partial charge in [0.05, 0.1) is 5.69 Å². The highest BCUT2D eigenvalue weighted by atomic mass is 32.3. The maximum atomic E-state index is 11.9.